The van der Waals surface area contributed by atoms with E-state index in [4.69, 9.17) is 4.74 Å². The number of thioether (sulfide) groups is 1. The summed E-state index contributed by atoms with van der Waals surface area (Å²) >= 11 is 1.38. The normalized spacial score (nSPS) is 16.2. The van der Waals surface area contributed by atoms with E-state index in [-0.39, 0.29) is 11.2 Å². The van der Waals surface area contributed by atoms with Gasteiger partial charge in [0.15, 0.2) is 0 Å². The second-order valence-electron chi connectivity index (χ2n) is 5.86. The number of morpholine rings is 1. The number of aryl methyl sites for hydroxylation is 2. The molecule has 2 heterocycles. The standard InChI is InChI=1S/C16H21N5O2S/c1-11-4-5-14(12(2)10-11)21-16(17-18-19-21)24-13(3)15(22)20-6-8-23-9-7-20/h4-5,10,13H,6-9H2,1-3H3. The molecule has 24 heavy (non-hydrogen) atoms. The van der Waals surface area contributed by atoms with Crippen molar-refractivity contribution in [2.24, 2.45) is 0 Å². The predicted molar refractivity (Wildman–Crippen MR) is 91.3 cm³/mol. The number of rotatable bonds is 4. The van der Waals surface area contributed by atoms with Crippen LogP contribution in [0.25, 0.3) is 5.69 Å². The minimum Gasteiger partial charge on any atom is -0.378 e. The fourth-order valence-electron chi connectivity index (χ4n) is 2.70. The molecule has 7 nitrogen and oxygen atoms in total. The molecule has 1 atom stereocenters. The van der Waals surface area contributed by atoms with Crippen LogP contribution in [0.15, 0.2) is 23.4 Å². The maximum absolute atomic E-state index is 12.6. The zero-order chi connectivity index (χ0) is 17.1. The van der Waals surface area contributed by atoms with Gasteiger partial charge >= 0.3 is 0 Å². The van der Waals surface area contributed by atoms with Crippen LogP contribution in [0.3, 0.4) is 0 Å². The van der Waals surface area contributed by atoms with Crippen molar-refractivity contribution < 1.29 is 9.53 Å². The van der Waals surface area contributed by atoms with Crippen LogP contribution in [0, 0.1) is 13.8 Å². The molecular weight excluding hydrogens is 326 g/mol. The third-order valence-corrected chi connectivity index (χ3v) is 4.99. The number of hydrogen-bond acceptors (Lipinski definition) is 6. The Bertz CT molecular complexity index is 727. The lowest BCUT2D eigenvalue weighted by Gasteiger charge is -2.28. The summed E-state index contributed by atoms with van der Waals surface area (Å²) in [5.74, 6) is 0.0958. The minimum absolute atomic E-state index is 0.0958. The van der Waals surface area contributed by atoms with Gasteiger partial charge in [-0.1, -0.05) is 29.5 Å². The second kappa shape index (κ2) is 7.31. The molecule has 1 amide bonds. The van der Waals surface area contributed by atoms with Gasteiger partial charge in [-0.05, 0) is 42.8 Å². The molecule has 1 aromatic heterocycles. The first kappa shape index (κ1) is 16.9. The molecule has 2 aromatic rings. The molecule has 0 spiro atoms. The highest BCUT2D eigenvalue weighted by atomic mass is 32.2. The quantitative estimate of drug-likeness (QED) is 0.783. The van der Waals surface area contributed by atoms with Crippen molar-refractivity contribution in [3.8, 4) is 5.69 Å². The van der Waals surface area contributed by atoms with Crippen LogP contribution in [0.1, 0.15) is 18.1 Å². The van der Waals surface area contributed by atoms with E-state index in [1.54, 1.807) is 4.68 Å². The number of carbonyl (C=O) groups excluding carboxylic acids is 1. The molecule has 0 radical (unpaired) electrons. The van der Waals surface area contributed by atoms with E-state index in [9.17, 15) is 4.79 Å². The summed E-state index contributed by atoms with van der Waals surface area (Å²) in [5.41, 5.74) is 3.21. The topological polar surface area (TPSA) is 73.1 Å². The molecule has 0 saturated carbocycles. The van der Waals surface area contributed by atoms with Gasteiger partial charge in [-0.25, -0.2) is 0 Å². The first-order valence-corrected chi connectivity index (χ1v) is 8.83. The molecular formula is C16H21N5O2S. The molecule has 8 heteroatoms. The third-order valence-electron chi connectivity index (χ3n) is 3.97. The zero-order valence-corrected chi connectivity index (χ0v) is 14.9. The van der Waals surface area contributed by atoms with E-state index < -0.39 is 0 Å². The van der Waals surface area contributed by atoms with E-state index in [1.807, 2.05) is 30.9 Å². The molecule has 1 aliphatic rings. The van der Waals surface area contributed by atoms with Gasteiger partial charge in [-0.2, -0.15) is 4.68 Å². The van der Waals surface area contributed by atoms with Gasteiger partial charge in [-0.15, -0.1) is 5.10 Å². The fraction of sp³-hybridized carbons (Fsp3) is 0.500. The lowest BCUT2D eigenvalue weighted by atomic mass is 10.1. The van der Waals surface area contributed by atoms with Gasteiger partial charge in [0, 0.05) is 13.1 Å². The number of aromatic nitrogens is 4. The summed E-state index contributed by atoms with van der Waals surface area (Å²) in [6.45, 7) is 8.46. The van der Waals surface area contributed by atoms with E-state index in [1.165, 1.54) is 17.3 Å². The average molecular weight is 347 g/mol. The Kier molecular flexibility index (Phi) is 5.15. The van der Waals surface area contributed by atoms with Crippen LogP contribution in [0.4, 0.5) is 0 Å². The van der Waals surface area contributed by atoms with Crippen molar-refractivity contribution in [2.45, 2.75) is 31.2 Å². The fourth-order valence-corrected chi connectivity index (χ4v) is 3.58. The van der Waals surface area contributed by atoms with Gasteiger partial charge in [0.25, 0.3) is 0 Å². The van der Waals surface area contributed by atoms with Gasteiger partial charge in [0.2, 0.25) is 11.1 Å². The third kappa shape index (κ3) is 3.59. The Morgan fingerprint density at radius 3 is 2.75 bits per heavy atom. The number of nitrogens with zero attached hydrogens (tertiary/aromatic N) is 5. The number of carbonyl (C=O) groups is 1. The Hall–Kier alpha value is -1.93. The Balaban J connectivity index is 1.76. The van der Waals surface area contributed by atoms with Crippen LogP contribution in [0.5, 0.6) is 0 Å². The van der Waals surface area contributed by atoms with Crippen LogP contribution in [0.2, 0.25) is 0 Å². The lowest BCUT2D eigenvalue weighted by molar-refractivity contribution is -0.134. The number of hydrogen-bond donors (Lipinski definition) is 0. The molecule has 0 bridgehead atoms. The van der Waals surface area contributed by atoms with Crippen molar-refractivity contribution in [1.82, 2.24) is 25.1 Å². The van der Waals surface area contributed by atoms with Crippen LogP contribution in [-0.2, 0) is 9.53 Å². The van der Waals surface area contributed by atoms with Gasteiger partial charge < -0.3 is 9.64 Å². The van der Waals surface area contributed by atoms with Crippen molar-refractivity contribution in [1.29, 1.82) is 0 Å². The SMILES string of the molecule is Cc1ccc(-n2nnnc2SC(C)C(=O)N2CCOCC2)c(C)c1. The van der Waals surface area contributed by atoms with Crippen molar-refractivity contribution in [2.75, 3.05) is 26.3 Å². The number of ether oxygens (including phenoxy) is 1. The summed E-state index contributed by atoms with van der Waals surface area (Å²) in [6.07, 6.45) is 0. The van der Waals surface area contributed by atoms with E-state index in [0.29, 0.717) is 31.5 Å². The largest absolute Gasteiger partial charge is 0.378 e. The zero-order valence-electron chi connectivity index (χ0n) is 14.1. The van der Waals surface area contributed by atoms with Crippen LogP contribution >= 0.6 is 11.8 Å². The summed E-state index contributed by atoms with van der Waals surface area (Å²) in [7, 11) is 0. The van der Waals surface area contributed by atoms with E-state index in [2.05, 4.69) is 28.5 Å². The Morgan fingerprint density at radius 2 is 2.04 bits per heavy atom. The van der Waals surface area contributed by atoms with Crippen LogP contribution < -0.4 is 0 Å². The van der Waals surface area contributed by atoms with E-state index in [0.717, 1.165) is 11.3 Å². The molecule has 1 fully saturated rings. The van der Waals surface area contributed by atoms with Crippen molar-refractivity contribution >= 4 is 17.7 Å². The number of benzene rings is 1. The smallest absolute Gasteiger partial charge is 0.236 e. The molecule has 1 aliphatic heterocycles. The molecule has 3 rings (SSSR count). The summed E-state index contributed by atoms with van der Waals surface area (Å²) in [5, 5.41) is 12.3. The molecule has 0 N–H and O–H groups in total. The monoisotopic (exact) mass is 347 g/mol. The molecule has 1 saturated heterocycles. The van der Waals surface area contributed by atoms with Gasteiger partial charge in [0.05, 0.1) is 24.2 Å². The summed E-state index contributed by atoms with van der Waals surface area (Å²) < 4.78 is 7.00. The lowest BCUT2D eigenvalue weighted by Crippen LogP contribution is -2.44. The highest BCUT2D eigenvalue weighted by molar-refractivity contribution is 8.00. The van der Waals surface area contributed by atoms with E-state index >= 15 is 0 Å². The first-order chi connectivity index (χ1) is 11.6. The Morgan fingerprint density at radius 1 is 1.29 bits per heavy atom. The minimum atomic E-state index is -0.251. The van der Waals surface area contributed by atoms with Gasteiger partial charge in [-0.3, -0.25) is 4.79 Å². The number of tetrazole rings is 1. The highest BCUT2D eigenvalue weighted by Crippen LogP contribution is 2.25. The molecule has 0 aliphatic carbocycles. The highest BCUT2D eigenvalue weighted by Gasteiger charge is 2.25. The number of amides is 1. The maximum atomic E-state index is 12.6. The summed E-state index contributed by atoms with van der Waals surface area (Å²) in [4.78, 5) is 14.4. The predicted octanol–water partition coefficient (Wildman–Crippen LogP) is 1.62. The summed E-state index contributed by atoms with van der Waals surface area (Å²) in [6, 6.07) is 6.12. The van der Waals surface area contributed by atoms with Crippen molar-refractivity contribution in [3.63, 3.8) is 0 Å². The maximum Gasteiger partial charge on any atom is 0.236 e. The van der Waals surface area contributed by atoms with Crippen LogP contribution in [-0.4, -0.2) is 62.6 Å². The first-order valence-electron chi connectivity index (χ1n) is 7.95. The Labute approximate surface area is 145 Å². The second-order valence-corrected chi connectivity index (χ2v) is 7.17. The van der Waals surface area contributed by atoms with Gasteiger partial charge in [0.1, 0.15) is 0 Å². The average Bonchev–Trinajstić information content (AvgIpc) is 3.03. The molecule has 1 unspecified atom stereocenters. The van der Waals surface area contributed by atoms with Crippen molar-refractivity contribution in [3.05, 3.63) is 29.3 Å². The molecule has 1 aromatic carbocycles. The molecule has 128 valence electrons.